The SMILES string of the molecule is CCOP(=O)(/C=C/c1cnc2ccccc2c1)OCC. The van der Waals surface area contributed by atoms with E-state index in [0.29, 0.717) is 13.2 Å². The maximum Gasteiger partial charge on any atom is 0.354 e. The second kappa shape index (κ2) is 6.80. The van der Waals surface area contributed by atoms with Crippen molar-refractivity contribution in [2.75, 3.05) is 13.2 Å². The quantitative estimate of drug-likeness (QED) is 0.737. The minimum Gasteiger partial charge on any atom is -0.306 e. The van der Waals surface area contributed by atoms with Crippen molar-refractivity contribution in [2.45, 2.75) is 13.8 Å². The van der Waals surface area contributed by atoms with Crippen LogP contribution in [0.25, 0.3) is 17.0 Å². The van der Waals surface area contributed by atoms with E-state index >= 15 is 0 Å². The number of aromatic nitrogens is 1. The fourth-order valence-corrected chi connectivity index (χ4v) is 3.16. The molecule has 0 bridgehead atoms. The summed E-state index contributed by atoms with van der Waals surface area (Å²) in [6.45, 7) is 4.27. The van der Waals surface area contributed by atoms with Gasteiger partial charge in [-0.2, -0.15) is 0 Å². The second-order valence-electron chi connectivity index (χ2n) is 4.15. The highest BCUT2D eigenvalue weighted by atomic mass is 31.2. The van der Waals surface area contributed by atoms with E-state index in [-0.39, 0.29) is 0 Å². The van der Waals surface area contributed by atoms with Gasteiger partial charge in [0.15, 0.2) is 0 Å². The number of rotatable bonds is 6. The molecule has 0 aliphatic carbocycles. The van der Waals surface area contributed by atoms with Gasteiger partial charge in [-0.25, -0.2) is 0 Å². The molecule has 0 saturated carbocycles. The van der Waals surface area contributed by atoms with E-state index in [1.54, 1.807) is 26.1 Å². The molecule has 4 nitrogen and oxygen atoms in total. The third-order valence-electron chi connectivity index (χ3n) is 2.68. The summed E-state index contributed by atoms with van der Waals surface area (Å²) in [5.41, 5.74) is 1.80. The average Bonchev–Trinajstić information content (AvgIpc) is 2.46. The largest absolute Gasteiger partial charge is 0.354 e. The molecule has 5 heteroatoms. The highest BCUT2D eigenvalue weighted by Gasteiger charge is 2.18. The van der Waals surface area contributed by atoms with Gasteiger partial charge in [-0.1, -0.05) is 18.2 Å². The summed E-state index contributed by atoms with van der Waals surface area (Å²) in [5, 5.41) is 1.04. The first-order chi connectivity index (χ1) is 9.67. The molecule has 0 saturated heterocycles. The van der Waals surface area contributed by atoms with Crippen molar-refractivity contribution in [1.82, 2.24) is 4.98 Å². The fourth-order valence-electron chi connectivity index (χ4n) is 1.84. The molecule has 0 aliphatic heterocycles. The Morgan fingerprint density at radius 2 is 1.90 bits per heavy atom. The van der Waals surface area contributed by atoms with E-state index in [2.05, 4.69) is 4.98 Å². The van der Waals surface area contributed by atoms with Crippen molar-refractivity contribution in [3.63, 3.8) is 0 Å². The Hall–Kier alpha value is -1.48. The van der Waals surface area contributed by atoms with Crippen LogP contribution in [0.5, 0.6) is 0 Å². The minimum atomic E-state index is -3.15. The Bertz CT molecular complexity index is 644. The predicted octanol–water partition coefficient (Wildman–Crippen LogP) is 4.47. The molecule has 0 amide bonds. The zero-order chi connectivity index (χ0) is 14.4. The van der Waals surface area contributed by atoms with Crippen LogP contribution in [0.4, 0.5) is 0 Å². The number of pyridine rings is 1. The Kier molecular flexibility index (Phi) is 5.07. The lowest BCUT2D eigenvalue weighted by atomic mass is 10.2. The van der Waals surface area contributed by atoms with E-state index in [4.69, 9.17) is 9.05 Å². The Morgan fingerprint density at radius 3 is 2.60 bits per heavy atom. The van der Waals surface area contributed by atoms with Crippen LogP contribution in [-0.2, 0) is 13.6 Å². The molecule has 20 heavy (non-hydrogen) atoms. The molecule has 0 N–H and O–H groups in total. The molecule has 0 atom stereocenters. The minimum absolute atomic E-state index is 0.345. The maximum atomic E-state index is 12.3. The molecular formula is C15H18NO3P. The van der Waals surface area contributed by atoms with E-state index in [0.717, 1.165) is 16.5 Å². The van der Waals surface area contributed by atoms with Crippen molar-refractivity contribution in [1.29, 1.82) is 0 Å². The molecule has 1 aromatic carbocycles. The van der Waals surface area contributed by atoms with Crippen molar-refractivity contribution in [2.24, 2.45) is 0 Å². The summed E-state index contributed by atoms with van der Waals surface area (Å²) in [6.07, 6.45) is 3.46. The normalized spacial score (nSPS) is 12.3. The van der Waals surface area contributed by atoms with Crippen LogP contribution in [-0.4, -0.2) is 18.2 Å². The molecule has 0 unspecified atom stereocenters. The number of benzene rings is 1. The van der Waals surface area contributed by atoms with E-state index in [1.807, 2.05) is 30.3 Å². The zero-order valence-corrected chi connectivity index (χ0v) is 12.5. The zero-order valence-electron chi connectivity index (χ0n) is 11.7. The summed E-state index contributed by atoms with van der Waals surface area (Å²) in [4.78, 5) is 4.35. The molecular weight excluding hydrogens is 273 g/mol. The van der Waals surface area contributed by atoms with Crippen molar-refractivity contribution in [3.8, 4) is 0 Å². The van der Waals surface area contributed by atoms with Crippen LogP contribution in [0.3, 0.4) is 0 Å². The summed E-state index contributed by atoms with van der Waals surface area (Å²) in [6, 6.07) is 9.84. The van der Waals surface area contributed by atoms with Gasteiger partial charge in [-0.15, -0.1) is 0 Å². The molecule has 1 heterocycles. The second-order valence-corrected chi connectivity index (χ2v) is 6.05. The highest BCUT2D eigenvalue weighted by molar-refractivity contribution is 7.57. The van der Waals surface area contributed by atoms with E-state index in [9.17, 15) is 4.57 Å². The van der Waals surface area contributed by atoms with Gasteiger partial charge in [-0.3, -0.25) is 9.55 Å². The van der Waals surface area contributed by atoms with E-state index in [1.165, 1.54) is 5.82 Å². The van der Waals surface area contributed by atoms with Crippen LogP contribution in [0.15, 0.2) is 42.3 Å². The molecule has 1 aromatic heterocycles. The van der Waals surface area contributed by atoms with Crippen molar-refractivity contribution < 1.29 is 13.6 Å². The van der Waals surface area contributed by atoms with Gasteiger partial charge < -0.3 is 9.05 Å². The monoisotopic (exact) mass is 291 g/mol. The number of para-hydroxylation sites is 1. The number of hydrogen-bond acceptors (Lipinski definition) is 4. The number of fused-ring (bicyclic) bond motifs is 1. The molecule has 2 rings (SSSR count). The summed E-state index contributed by atoms with van der Waals surface area (Å²) in [7, 11) is -3.15. The summed E-state index contributed by atoms with van der Waals surface area (Å²) >= 11 is 0. The fraction of sp³-hybridized carbons (Fsp3) is 0.267. The first-order valence-corrected chi connectivity index (χ1v) is 8.21. The van der Waals surface area contributed by atoms with Crippen LogP contribution in [0, 0.1) is 0 Å². The van der Waals surface area contributed by atoms with Crippen molar-refractivity contribution >= 4 is 24.6 Å². The molecule has 2 aromatic rings. The molecule has 106 valence electrons. The summed E-state index contributed by atoms with van der Waals surface area (Å²) in [5.74, 6) is 1.49. The first kappa shape index (κ1) is 14.9. The molecule has 0 spiro atoms. The Morgan fingerprint density at radius 1 is 1.20 bits per heavy atom. The standard InChI is InChI=1S/C15H18NO3P/c1-3-18-20(17,19-4-2)10-9-13-11-14-7-5-6-8-15(14)16-12-13/h5-12H,3-4H2,1-2H3/b10-9+. The highest BCUT2D eigenvalue weighted by Crippen LogP contribution is 2.50. The average molecular weight is 291 g/mol. The third-order valence-corrected chi connectivity index (χ3v) is 4.43. The van der Waals surface area contributed by atoms with Gasteiger partial charge in [0.05, 0.1) is 18.7 Å². The topological polar surface area (TPSA) is 48.4 Å². The lowest BCUT2D eigenvalue weighted by Gasteiger charge is -2.12. The molecule has 0 aliphatic rings. The Balaban J connectivity index is 2.25. The third kappa shape index (κ3) is 3.76. The van der Waals surface area contributed by atoms with E-state index < -0.39 is 7.60 Å². The smallest absolute Gasteiger partial charge is 0.306 e. The Labute approximate surface area is 119 Å². The summed E-state index contributed by atoms with van der Waals surface area (Å²) < 4.78 is 22.7. The number of nitrogens with zero attached hydrogens (tertiary/aromatic N) is 1. The lowest BCUT2D eigenvalue weighted by Crippen LogP contribution is -1.92. The van der Waals surface area contributed by atoms with Crippen LogP contribution in [0.2, 0.25) is 0 Å². The van der Waals surface area contributed by atoms with Crippen LogP contribution < -0.4 is 0 Å². The molecule has 0 radical (unpaired) electrons. The van der Waals surface area contributed by atoms with Gasteiger partial charge in [0.2, 0.25) is 0 Å². The van der Waals surface area contributed by atoms with Crippen LogP contribution in [0.1, 0.15) is 19.4 Å². The lowest BCUT2D eigenvalue weighted by molar-refractivity contribution is 0.229. The van der Waals surface area contributed by atoms with Gasteiger partial charge in [0.25, 0.3) is 0 Å². The van der Waals surface area contributed by atoms with Gasteiger partial charge >= 0.3 is 7.60 Å². The van der Waals surface area contributed by atoms with Gasteiger partial charge in [-0.05, 0) is 37.6 Å². The number of hydrogen-bond donors (Lipinski definition) is 0. The van der Waals surface area contributed by atoms with Crippen molar-refractivity contribution in [3.05, 3.63) is 47.9 Å². The van der Waals surface area contributed by atoms with Gasteiger partial charge in [0, 0.05) is 17.4 Å². The maximum absolute atomic E-state index is 12.3. The predicted molar refractivity (Wildman–Crippen MR) is 81.6 cm³/mol. The van der Waals surface area contributed by atoms with Gasteiger partial charge in [0.1, 0.15) is 0 Å². The van der Waals surface area contributed by atoms with Crippen LogP contribution >= 0.6 is 7.60 Å². The molecule has 0 fully saturated rings. The first-order valence-electron chi connectivity index (χ1n) is 6.59.